The number of likely N-dealkylation sites (tertiary alicyclic amines) is 1. The highest BCUT2D eigenvalue weighted by atomic mass is 16.4. The van der Waals surface area contributed by atoms with Gasteiger partial charge in [0, 0.05) is 19.1 Å². The molecule has 2 rings (SSSR count). The standard InChI is InChI=1S/C17H30N2O3/c1-3-6-15(13-7-4-5-8-13)18-17(22)19-10-12(2)9-14(11-19)16(20)21/h12-15H,3-11H2,1-2H3,(H,18,22)(H,20,21). The van der Waals surface area contributed by atoms with E-state index < -0.39 is 11.9 Å². The van der Waals surface area contributed by atoms with Crippen LogP contribution in [-0.2, 0) is 4.79 Å². The second-order valence-electron chi connectivity index (χ2n) is 7.17. The maximum Gasteiger partial charge on any atom is 0.317 e. The molecule has 2 amide bonds. The highest BCUT2D eigenvalue weighted by molar-refractivity contribution is 5.76. The van der Waals surface area contributed by atoms with E-state index in [-0.39, 0.29) is 18.0 Å². The zero-order chi connectivity index (χ0) is 16.1. The molecular weight excluding hydrogens is 280 g/mol. The van der Waals surface area contributed by atoms with E-state index in [4.69, 9.17) is 0 Å². The summed E-state index contributed by atoms with van der Waals surface area (Å²) in [5.41, 5.74) is 0. The molecule has 1 saturated carbocycles. The SMILES string of the molecule is CCCC(NC(=O)N1CC(C)CC(C(=O)O)C1)C1CCCC1. The average molecular weight is 310 g/mol. The Hall–Kier alpha value is -1.26. The third-order valence-electron chi connectivity index (χ3n) is 5.17. The van der Waals surface area contributed by atoms with Gasteiger partial charge in [-0.2, -0.15) is 0 Å². The van der Waals surface area contributed by atoms with E-state index in [9.17, 15) is 14.7 Å². The molecule has 2 N–H and O–H groups in total. The lowest BCUT2D eigenvalue weighted by atomic mass is 9.90. The van der Waals surface area contributed by atoms with Gasteiger partial charge in [-0.1, -0.05) is 33.1 Å². The smallest absolute Gasteiger partial charge is 0.317 e. The van der Waals surface area contributed by atoms with Gasteiger partial charge in [-0.3, -0.25) is 4.79 Å². The second-order valence-corrected chi connectivity index (χ2v) is 7.17. The van der Waals surface area contributed by atoms with Crippen LogP contribution in [0, 0.1) is 17.8 Å². The maximum absolute atomic E-state index is 12.6. The van der Waals surface area contributed by atoms with Crippen LogP contribution in [0.15, 0.2) is 0 Å². The molecule has 22 heavy (non-hydrogen) atoms. The highest BCUT2D eigenvalue weighted by Gasteiger charge is 2.33. The lowest BCUT2D eigenvalue weighted by molar-refractivity contribution is -0.143. The van der Waals surface area contributed by atoms with Gasteiger partial charge in [0.05, 0.1) is 5.92 Å². The number of carboxylic acids is 1. The molecule has 1 aliphatic heterocycles. The van der Waals surface area contributed by atoms with E-state index >= 15 is 0 Å². The lowest BCUT2D eigenvalue weighted by Crippen LogP contribution is -2.52. The predicted octanol–water partition coefficient (Wildman–Crippen LogP) is 3.10. The van der Waals surface area contributed by atoms with Crippen molar-refractivity contribution in [3.05, 3.63) is 0 Å². The molecular formula is C17H30N2O3. The molecule has 0 aromatic carbocycles. The molecule has 0 spiro atoms. The summed E-state index contributed by atoms with van der Waals surface area (Å²) < 4.78 is 0. The summed E-state index contributed by atoms with van der Waals surface area (Å²) in [4.78, 5) is 25.5. The fourth-order valence-corrected chi connectivity index (χ4v) is 4.04. The third-order valence-corrected chi connectivity index (χ3v) is 5.17. The lowest BCUT2D eigenvalue weighted by Gasteiger charge is -2.36. The Morgan fingerprint density at radius 3 is 2.55 bits per heavy atom. The van der Waals surface area contributed by atoms with Crippen molar-refractivity contribution in [2.75, 3.05) is 13.1 Å². The van der Waals surface area contributed by atoms with Crippen molar-refractivity contribution in [2.24, 2.45) is 17.8 Å². The number of carboxylic acid groups (broad SMARTS) is 1. The van der Waals surface area contributed by atoms with Crippen LogP contribution >= 0.6 is 0 Å². The van der Waals surface area contributed by atoms with Crippen molar-refractivity contribution in [3.8, 4) is 0 Å². The third kappa shape index (κ3) is 4.37. The summed E-state index contributed by atoms with van der Waals surface area (Å²) in [6.07, 6.45) is 7.70. The number of hydrogen-bond donors (Lipinski definition) is 2. The number of aliphatic carboxylic acids is 1. The molecule has 0 aromatic heterocycles. The molecule has 1 heterocycles. The summed E-state index contributed by atoms with van der Waals surface area (Å²) in [5.74, 6) is -0.367. The van der Waals surface area contributed by atoms with Gasteiger partial charge < -0.3 is 15.3 Å². The molecule has 3 unspecified atom stereocenters. The Morgan fingerprint density at radius 1 is 1.27 bits per heavy atom. The molecule has 0 aromatic rings. The number of rotatable bonds is 5. The highest BCUT2D eigenvalue weighted by Crippen LogP contribution is 2.30. The Bertz CT molecular complexity index is 393. The zero-order valence-electron chi connectivity index (χ0n) is 13.9. The van der Waals surface area contributed by atoms with E-state index in [1.54, 1.807) is 4.90 Å². The molecule has 2 fully saturated rings. The number of hydrogen-bond acceptors (Lipinski definition) is 2. The minimum absolute atomic E-state index is 0.0665. The molecule has 3 atom stereocenters. The molecule has 1 aliphatic carbocycles. The summed E-state index contributed by atoms with van der Waals surface area (Å²) in [6.45, 7) is 5.18. The molecule has 5 nitrogen and oxygen atoms in total. The fraction of sp³-hybridized carbons (Fsp3) is 0.882. The van der Waals surface area contributed by atoms with Gasteiger partial charge in [-0.15, -0.1) is 0 Å². The van der Waals surface area contributed by atoms with E-state index in [0.29, 0.717) is 25.4 Å². The predicted molar refractivity (Wildman–Crippen MR) is 85.7 cm³/mol. The van der Waals surface area contributed by atoms with Crippen LogP contribution in [0.4, 0.5) is 4.79 Å². The van der Waals surface area contributed by atoms with Gasteiger partial charge in [0.15, 0.2) is 0 Å². The molecule has 126 valence electrons. The minimum Gasteiger partial charge on any atom is -0.481 e. The van der Waals surface area contributed by atoms with Crippen LogP contribution in [0.5, 0.6) is 0 Å². The van der Waals surface area contributed by atoms with Crippen LogP contribution in [-0.4, -0.2) is 41.1 Å². The molecule has 1 saturated heterocycles. The largest absolute Gasteiger partial charge is 0.481 e. The number of carbonyl (C=O) groups is 2. The summed E-state index contributed by atoms with van der Waals surface area (Å²) in [6, 6.07) is 0.184. The number of piperidine rings is 1. The van der Waals surface area contributed by atoms with Crippen molar-refractivity contribution in [2.45, 2.75) is 64.8 Å². The van der Waals surface area contributed by atoms with Crippen LogP contribution < -0.4 is 5.32 Å². The van der Waals surface area contributed by atoms with E-state index in [1.165, 1.54) is 25.7 Å². The second kappa shape index (κ2) is 7.84. The summed E-state index contributed by atoms with van der Waals surface area (Å²) in [5, 5.41) is 12.4. The van der Waals surface area contributed by atoms with Crippen molar-refractivity contribution < 1.29 is 14.7 Å². The van der Waals surface area contributed by atoms with Gasteiger partial charge in [-0.25, -0.2) is 4.79 Å². The first-order valence-corrected chi connectivity index (χ1v) is 8.79. The number of urea groups is 1. The van der Waals surface area contributed by atoms with Crippen LogP contribution in [0.25, 0.3) is 0 Å². The van der Waals surface area contributed by atoms with E-state index in [1.807, 2.05) is 6.92 Å². The monoisotopic (exact) mass is 310 g/mol. The minimum atomic E-state index is -0.787. The number of nitrogens with zero attached hydrogens (tertiary/aromatic N) is 1. The topological polar surface area (TPSA) is 69.6 Å². The van der Waals surface area contributed by atoms with Crippen LogP contribution in [0.2, 0.25) is 0 Å². The first kappa shape index (κ1) is 17.1. The maximum atomic E-state index is 12.6. The van der Waals surface area contributed by atoms with Gasteiger partial charge >= 0.3 is 12.0 Å². The first-order valence-electron chi connectivity index (χ1n) is 8.79. The van der Waals surface area contributed by atoms with Crippen LogP contribution in [0.1, 0.15) is 58.8 Å². The average Bonchev–Trinajstić information content (AvgIpc) is 3.00. The molecule has 0 bridgehead atoms. The van der Waals surface area contributed by atoms with Crippen molar-refractivity contribution in [3.63, 3.8) is 0 Å². The van der Waals surface area contributed by atoms with E-state index in [2.05, 4.69) is 12.2 Å². The summed E-state index contributed by atoms with van der Waals surface area (Å²) in [7, 11) is 0. The van der Waals surface area contributed by atoms with Crippen molar-refractivity contribution >= 4 is 12.0 Å². The summed E-state index contributed by atoms with van der Waals surface area (Å²) >= 11 is 0. The Kier molecular flexibility index (Phi) is 6.09. The molecule has 5 heteroatoms. The number of carbonyl (C=O) groups excluding carboxylic acids is 1. The Labute approximate surface area is 133 Å². The van der Waals surface area contributed by atoms with Gasteiger partial charge in [-0.05, 0) is 37.5 Å². The quantitative estimate of drug-likeness (QED) is 0.820. The van der Waals surface area contributed by atoms with Crippen LogP contribution in [0.3, 0.4) is 0 Å². The first-order chi connectivity index (χ1) is 10.5. The number of amides is 2. The van der Waals surface area contributed by atoms with Gasteiger partial charge in [0.25, 0.3) is 0 Å². The Balaban J connectivity index is 1.94. The molecule has 0 radical (unpaired) electrons. The fourth-order valence-electron chi connectivity index (χ4n) is 4.04. The van der Waals surface area contributed by atoms with Crippen molar-refractivity contribution in [1.82, 2.24) is 10.2 Å². The zero-order valence-corrected chi connectivity index (χ0v) is 13.9. The normalized spacial score (nSPS) is 27.6. The van der Waals surface area contributed by atoms with Crippen molar-refractivity contribution in [1.29, 1.82) is 0 Å². The number of nitrogens with one attached hydrogen (secondary N) is 1. The Morgan fingerprint density at radius 2 is 1.95 bits per heavy atom. The van der Waals surface area contributed by atoms with Gasteiger partial charge in [0.2, 0.25) is 0 Å². The van der Waals surface area contributed by atoms with Gasteiger partial charge in [0.1, 0.15) is 0 Å². The molecule has 2 aliphatic rings. The van der Waals surface area contributed by atoms with E-state index in [0.717, 1.165) is 12.8 Å².